The van der Waals surface area contributed by atoms with Gasteiger partial charge in [0.2, 0.25) is 10.0 Å². The van der Waals surface area contributed by atoms with E-state index in [2.05, 4.69) is 0 Å². The Hall–Kier alpha value is -1.09. The van der Waals surface area contributed by atoms with E-state index in [1.54, 1.807) is 7.11 Å². The maximum atomic E-state index is 13.6. The summed E-state index contributed by atoms with van der Waals surface area (Å²) in [5.74, 6) is -0.630. The van der Waals surface area contributed by atoms with Crippen molar-refractivity contribution < 1.29 is 17.5 Å². The van der Waals surface area contributed by atoms with Crippen LogP contribution in [0, 0.1) is 5.82 Å². The van der Waals surface area contributed by atoms with Gasteiger partial charge in [-0.1, -0.05) is 12.2 Å². The number of sulfonamides is 1. The highest BCUT2D eigenvalue weighted by atomic mass is 32.2. The smallest absolute Gasteiger partial charge is 0.243 e. The van der Waals surface area contributed by atoms with E-state index in [1.807, 2.05) is 0 Å². The van der Waals surface area contributed by atoms with Crippen LogP contribution in [-0.4, -0.2) is 44.0 Å². The average molecular weight is 332 g/mol. The third-order valence-electron chi connectivity index (χ3n) is 3.52. The molecule has 8 heteroatoms. The molecule has 0 saturated carbocycles. The van der Waals surface area contributed by atoms with Crippen molar-refractivity contribution >= 4 is 27.2 Å². The number of methoxy groups -OCH3 is 1. The molecular formula is C13H17FN2O3S2. The number of halogens is 1. The number of hydrogen-bond donors (Lipinski definition) is 1. The van der Waals surface area contributed by atoms with Crippen LogP contribution in [0.5, 0.6) is 0 Å². The van der Waals surface area contributed by atoms with Crippen molar-refractivity contribution in [2.24, 2.45) is 5.73 Å². The quantitative estimate of drug-likeness (QED) is 0.841. The topological polar surface area (TPSA) is 72.6 Å². The highest BCUT2D eigenvalue weighted by Gasteiger charge is 2.30. The monoisotopic (exact) mass is 332 g/mol. The number of hydrogen-bond acceptors (Lipinski definition) is 4. The van der Waals surface area contributed by atoms with Crippen molar-refractivity contribution in [3.05, 3.63) is 29.6 Å². The summed E-state index contributed by atoms with van der Waals surface area (Å²) in [7, 11) is -2.15. The maximum absolute atomic E-state index is 13.6. The molecule has 1 fully saturated rings. The molecule has 0 radical (unpaired) electrons. The van der Waals surface area contributed by atoms with Crippen molar-refractivity contribution in [1.29, 1.82) is 0 Å². The third-order valence-corrected chi connectivity index (χ3v) is 5.60. The summed E-state index contributed by atoms with van der Waals surface area (Å²) in [6.45, 7) is 0.709. The molecule has 1 aliphatic heterocycles. The first-order valence-corrected chi connectivity index (χ1v) is 8.33. The van der Waals surface area contributed by atoms with Crippen LogP contribution in [0.25, 0.3) is 0 Å². The second-order valence-corrected chi connectivity index (χ2v) is 7.25. The molecule has 0 aromatic heterocycles. The predicted molar refractivity (Wildman–Crippen MR) is 81.1 cm³/mol. The molecule has 0 bridgehead atoms. The van der Waals surface area contributed by atoms with Gasteiger partial charge in [-0.2, -0.15) is 4.31 Å². The lowest BCUT2D eigenvalue weighted by Crippen LogP contribution is -2.42. The van der Waals surface area contributed by atoms with Gasteiger partial charge in [-0.05, 0) is 31.0 Å². The molecular weight excluding hydrogens is 315 g/mol. The summed E-state index contributed by atoms with van der Waals surface area (Å²) in [4.78, 5) is -0.179. The molecule has 1 atom stereocenters. The van der Waals surface area contributed by atoms with E-state index in [9.17, 15) is 12.8 Å². The first kappa shape index (κ1) is 16.3. The Morgan fingerprint density at radius 2 is 2.24 bits per heavy atom. The lowest BCUT2D eigenvalue weighted by molar-refractivity contribution is 0.0572. The second kappa shape index (κ2) is 6.35. The summed E-state index contributed by atoms with van der Waals surface area (Å²) in [5, 5.41) is 0. The second-order valence-electron chi connectivity index (χ2n) is 4.87. The largest absolute Gasteiger partial charge is 0.389 e. The zero-order valence-corrected chi connectivity index (χ0v) is 13.2. The SMILES string of the molecule is COC1CCCN(S(=O)(=O)c2ccc(F)c(C(N)=S)c2)C1. The molecule has 116 valence electrons. The summed E-state index contributed by atoms with van der Waals surface area (Å²) in [6.07, 6.45) is 1.43. The Labute approximate surface area is 128 Å². The van der Waals surface area contributed by atoms with E-state index in [-0.39, 0.29) is 21.6 Å². The number of thiocarbonyl (C=S) groups is 1. The fourth-order valence-electron chi connectivity index (χ4n) is 2.32. The molecule has 21 heavy (non-hydrogen) atoms. The van der Waals surface area contributed by atoms with Gasteiger partial charge in [0.05, 0.1) is 11.0 Å². The Kier molecular flexibility index (Phi) is 4.92. The fourth-order valence-corrected chi connectivity index (χ4v) is 4.01. The summed E-state index contributed by atoms with van der Waals surface area (Å²) in [6, 6.07) is 3.48. The summed E-state index contributed by atoms with van der Waals surface area (Å²) < 4.78 is 45.3. The Balaban J connectivity index is 2.35. The van der Waals surface area contributed by atoms with Crippen molar-refractivity contribution in [2.45, 2.75) is 23.8 Å². The van der Waals surface area contributed by atoms with Crippen LogP contribution in [0.3, 0.4) is 0 Å². The van der Waals surface area contributed by atoms with Crippen LogP contribution in [0.2, 0.25) is 0 Å². The summed E-state index contributed by atoms with van der Waals surface area (Å²) in [5.41, 5.74) is 5.35. The molecule has 1 aliphatic rings. The molecule has 0 spiro atoms. The van der Waals surface area contributed by atoms with Gasteiger partial charge in [0.15, 0.2) is 0 Å². The van der Waals surface area contributed by atoms with Gasteiger partial charge >= 0.3 is 0 Å². The molecule has 5 nitrogen and oxygen atoms in total. The molecule has 1 aromatic rings. The normalized spacial score (nSPS) is 20.4. The van der Waals surface area contributed by atoms with E-state index >= 15 is 0 Å². The number of benzene rings is 1. The molecule has 0 aliphatic carbocycles. The van der Waals surface area contributed by atoms with Crippen LogP contribution in [0.1, 0.15) is 18.4 Å². The zero-order valence-electron chi connectivity index (χ0n) is 11.6. The average Bonchev–Trinajstić information content (AvgIpc) is 2.47. The van der Waals surface area contributed by atoms with Crippen molar-refractivity contribution in [3.63, 3.8) is 0 Å². The molecule has 1 aromatic carbocycles. The first-order valence-electron chi connectivity index (χ1n) is 6.48. The Bertz CT molecular complexity index is 649. The molecule has 2 N–H and O–H groups in total. The zero-order chi connectivity index (χ0) is 15.6. The van der Waals surface area contributed by atoms with Crippen LogP contribution in [0.4, 0.5) is 4.39 Å². The van der Waals surface area contributed by atoms with Crippen LogP contribution < -0.4 is 5.73 Å². The minimum Gasteiger partial charge on any atom is -0.389 e. The summed E-state index contributed by atoms with van der Waals surface area (Å²) >= 11 is 4.74. The van der Waals surface area contributed by atoms with Crippen molar-refractivity contribution in [1.82, 2.24) is 4.31 Å². The molecule has 0 amide bonds. The fraction of sp³-hybridized carbons (Fsp3) is 0.462. The van der Waals surface area contributed by atoms with Crippen LogP contribution in [0.15, 0.2) is 23.1 Å². The number of piperidine rings is 1. The predicted octanol–water partition coefficient (Wildman–Crippen LogP) is 1.26. The number of nitrogens with two attached hydrogens (primary N) is 1. The third kappa shape index (κ3) is 3.39. The van der Waals surface area contributed by atoms with Crippen molar-refractivity contribution in [2.75, 3.05) is 20.2 Å². The van der Waals surface area contributed by atoms with Gasteiger partial charge in [0.25, 0.3) is 0 Å². The van der Waals surface area contributed by atoms with E-state index in [4.69, 9.17) is 22.7 Å². The van der Waals surface area contributed by atoms with Gasteiger partial charge in [-0.3, -0.25) is 0 Å². The highest BCUT2D eigenvalue weighted by Crippen LogP contribution is 2.23. The molecule has 1 unspecified atom stereocenters. The Morgan fingerprint density at radius 1 is 1.52 bits per heavy atom. The van der Waals surface area contributed by atoms with Gasteiger partial charge in [0.1, 0.15) is 10.8 Å². The van der Waals surface area contributed by atoms with E-state index in [1.165, 1.54) is 16.4 Å². The first-order chi connectivity index (χ1) is 9.86. The number of nitrogens with zero attached hydrogens (tertiary/aromatic N) is 1. The minimum atomic E-state index is -3.71. The maximum Gasteiger partial charge on any atom is 0.243 e. The van der Waals surface area contributed by atoms with Crippen molar-refractivity contribution in [3.8, 4) is 0 Å². The van der Waals surface area contributed by atoms with E-state index in [0.29, 0.717) is 13.1 Å². The van der Waals surface area contributed by atoms with E-state index < -0.39 is 15.8 Å². The lowest BCUT2D eigenvalue weighted by Gasteiger charge is -2.31. The number of rotatable bonds is 4. The molecule has 1 heterocycles. The highest BCUT2D eigenvalue weighted by molar-refractivity contribution is 7.89. The Morgan fingerprint density at radius 3 is 2.86 bits per heavy atom. The van der Waals surface area contributed by atoms with Gasteiger partial charge < -0.3 is 10.5 Å². The molecule has 1 saturated heterocycles. The van der Waals surface area contributed by atoms with Gasteiger partial charge in [0, 0.05) is 25.8 Å². The van der Waals surface area contributed by atoms with Crippen LogP contribution in [-0.2, 0) is 14.8 Å². The number of ether oxygens (including phenoxy) is 1. The van der Waals surface area contributed by atoms with Crippen LogP contribution >= 0.6 is 12.2 Å². The molecule has 2 rings (SSSR count). The lowest BCUT2D eigenvalue weighted by atomic mass is 10.1. The standard InChI is InChI=1S/C13H17FN2O3S2/c1-19-9-3-2-6-16(8-9)21(17,18)10-4-5-12(14)11(7-10)13(15)20/h4-5,7,9H,2-3,6,8H2,1H3,(H2,15,20). The van der Waals surface area contributed by atoms with Gasteiger partial charge in [-0.25, -0.2) is 12.8 Å². The van der Waals surface area contributed by atoms with E-state index in [0.717, 1.165) is 18.9 Å². The van der Waals surface area contributed by atoms with Gasteiger partial charge in [-0.15, -0.1) is 0 Å². The minimum absolute atomic E-state index is 0.0107.